The Morgan fingerprint density at radius 1 is 1.23 bits per heavy atom. The van der Waals surface area contributed by atoms with Gasteiger partial charge in [0.1, 0.15) is 0 Å². The predicted molar refractivity (Wildman–Crippen MR) is 86.1 cm³/mol. The molecule has 5 heteroatoms. The summed E-state index contributed by atoms with van der Waals surface area (Å²) >= 11 is 0. The summed E-state index contributed by atoms with van der Waals surface area (Å²) in [5.74, 6) is 0.628. The first-order valence-corrected chi connectivity index (χ1v) is 7.69. The molecule has 1 saturated heterocycles. The van der Waals surface area contributed by atoms with Crippen molar-refractivity contribution in [1.29, 1.82) is 0 Å². The molecule has 0 bridgehead atoms. The molecule has 3 rings (SSSR count). The summed E-state index contributed by atoms with van der Waals surface area (Å²) in [5.41, 5.74) is 1.52. The Balaban J connectivity index is 1.77. The summed E-state index contributed by atoms with van der Waals surface area (Å²) in [6.45, 7) is 2.97. The van der Waals surface area contributed by atoms with E-state index in [-0.39, 0.29) is 5.91 Å². The molecule has 0 unspecified atom stereocenters. The molecule has 1 aliphatic heterocycles. The number of piperidine rings is 1. The number of amides is 1. The highest BCUT2D eigenvalue weighted by atomic mass is 16.2. The Morgan fingerprint density at radius 2 is 2.05 bits per heavy atom. The lowest BCUT2D eigenvalue weighted by atomic mass is 10.0. The Labute approximate surface area is 130 Å². The van der Waals surface area contributed by atoms with Crippen molar-refractivity contribution in [1.82, 2.24) is 14.9 Å². The highest BCUT2D eigenvalue weighted by molar-refractivity contribution is 5.95. The van der Waals surface area contributed by atoms with Gasteiger partial charge in [0.05, 0.1) is 0 Å². The Morgan fingerprint density at radius 3 is 2.82 bits per heavy atom. The van der Waals surface area contributed by atoms with E-state index in [0.717, 1.165) is 25.1 Å². The standard InChI is InChI=1S/C17H20N4O/c1-13-6-2-3-11-21(13)16(22)14-7-4-8-15(12-14)20-17-18-9-5-10-19-17/h4-5,7-10,12-13H,2-3,6,11H2,1H3,(H,18,19,20)/t13-/m1/s1. The Hall–Kier alpha value is -2.43. The van der Waals surface area contributed by atoms with E-state index >= 15 is 0 Å². The monoisotopic (exact) mass is 296 g/mol. The van der Waals surface area contributed by atoms with Crippen LogP contribution in [0, 0.1) is 0 Å². The van der Waals surface area contributed by atoms with Crippen LogP contribution in [0.3, 0.4) is 0 Å². The molecule has 114 valence electrons. The molecular weight excluding hydrogens is 276 g/mol. The minimum Gasteiger partial charge on any atom is -0.336 e. The third-order valence-electron chi connectivity index (χ3n) is 4.00. The zero-order valence-electron chi connectivity index (χ0n) is 12.7. The van der Waals surface area contributed by atoms with E-state index in [4.69, 9.17) is 0 Å². The number of nitrogens with one attached hydrogen (secondary N) is 1. The highest BCUT2D eigenvalue weighted by Crippen LogP contribution is 2.21. The second-order valence-corrected chi connectivity index (χ2v) is 5.62. The van der Waals surface area contributed by atoms with Gasteiger partial charge in [0.25, 0.3) is 5.91 Å². The molecule has 5 nitrogen and oxygen atoms in total. The molecule has 22 heavy (non-hydrogen) atoms. The largest absolute Gasteiger partial charge is 0.336 e. The average molecular weight is 296 g/mol. The number of aromatic nitrogens is 2. The topological polar surface area (TPSA) is 58.1 Å². The lowest BCUT2D eigenvalue weighted by Crippen LogP contribution is -2.42. The third kappa shape index (κ3) is 3.24. The zero-order valence-corrected chi connectivity index (χ0v) is 12.7. The van der Waals surface area contributed by atoms with Crippen molar-refractivity contribution < 1.29 is 4.79 Å². The second kappa shape index (κ2) is 6.56. The fraction of sp³-hybridized carbons (Fsp3) is 0.353. The minimum atomic E-state index is 0.102. The van der Waals surface area contributed by atoms with Gasteiger partial charge in [-0.25, -0.2) is 9.97 Å². The summed E-state index contributed by atoms with van der Waals surface area (Å²) in [5, 5.41) is 3.12. The third-order valence-corrected chi connectivity index (χ3v) is 4.00. The lowest BCUT2D eigenvalue weighted by molar-refractivity contribution is 0.0635. The van der Waals surface area contributed by atoms with Crippen LogP contribution in [0.15, 0.2) is 42.7 Å². The number of likely N-dealkylation sites (tertiary alicyclic amines) is 1. The number of hydrogen-bond acceptors (Lipinski definition) is 4. The van der Waals surface area contributed by atoms with Gasteiger partial charge in [-0.2, -0.15) is 0 Å². The first kappa shape index (κ1) is 14.5. The molecule has 1 aromatic heterocycles. The van der Waals surface area contributed by atoms with Gasteiger partial charge in [-0.15, -0.1) is 0 Å². The first-order chi connectivity index (χ1) is 10.7. The average Bonchev–Trinajstić information content (AvgIpc) is 2.56. The molecule has 0 aliphatic carbocycles. The van der Waals surface area contributed by atoms with Gasteiger partial charge in [-0.1, -0.05) is 6.07 Å². The van der Waals surface area contributed by atoms with Crippen LogP contribution in [0.2, 0.25) is 0 Å². The van der Waals surface area contributed by atoms with Crippen LogP contribution < -0.4 is 5.32 Å². The van der Waals surface area contributed by atoms with E-state index < -0.39 is 0 Å². The molecule has 1 aliphatic rings. The van der Waals surface area contributed by atoms with Crippen molar-refractivity contribution in [3.05, 3.63) is 48.3 Å². The predicted octanol–water partition coefficient (Wildman–Crippen LogP) is 3.23. The van der Waals surface area contributed by atoms with E-state index in [1.807, 2.05) is 29.2 Å². The lowest BCUT2D eigenvalue weighted by Gasteiger charge is -2.33. The van der Waals surface area contributed by atoms with Gasteiger partial charge in [-0.3, -0.25) is 4.79 Å². The minimum absolute atomic E-state index is 0.102. The van der Waals surface area contributed by atoms with Gasteiger partial charge in [0, 0.05) is 36.2 Å². The molecule has 2 heterocycles. The fourth-order valence-electron chi connectivity index (χ4n) is 2.79. The summed E-state index contributed by atoms with van der Waals surface area (Å²) in [6, 6.07) is 9.60. The number of nitrogens with zero attached hydrogens (tertiary/aromatic N) is 3. The number of anilines is 2. The fourth-order valence-corrected chi connectivity index (χ4v) is 2.79. The molecule has 1 N–H and O–H groups in total. The SMILES string of the molecule is C[C@@H]1CCCCN1C(=O)c1cccc(Nc2ncccn2)c1. The number of carbonyl (C=O) groups excluding carboxylic acids is 1. The Kier molecular flexibility index (Phi) is 4.32. The van der Waals surface area contributed by atoms with Crippen molar-refractivity contribution in [2.24, 2.45) is 0 Å². The van der Waals surface area contributed by atoms with Gasteiger partial charge in [-0.05, 0) is 50.5 Å². The molecule has 1 aromatic carbocycles. The molecule has 1 atom stereocenters. The quantitative estimate of drug-likeness (QED) is 0.944. The smallest absolute Gasteiger partial charge is 0.254 e. The normalized spacial score (nSPS) is 18.0. The van der Waals surface area contributed by atoms with E-state index in [1.165, 1.54) is 6.42 Å². The van der Waals surface area contributed by atoms with Crippen LogP contribution in [0.5, 0.6) is 0 Å². The summed E-state index contributed by atoms with van der Waals surface area (Å²) in [7, 11) is 0. The van der Waals surface area contributed by atoms with Crippen molar-refractivity contribution in [2.75, 3.05) is 11.9 Å². The molecule has 0 spiro atoms. The van der Waals surface area contributed by atoms with E-state index in [2.05, 4.69) is 22.2 Å². The first-order valence-electron chi connectivity index (χ1n) is 7.69. The number of hydrogen-bond donors (Lipinski definition) is 1. The van der Waals surface area contributed by atoms with Crippen molar-refractivity contribution in [3.63, 3.8) is 0 Å². The van der Waals surface area contributed by atoms with Crippen LogP contribution >= 0.6 is 0 Å². The van der Waals surface area contributed by atoms with Crippen LogP contribution in [-0.4, -0.2) is 33.4 Å². The second-order valence-electron chi connectivity index (χ2n) is 5.62. The Bertz CT molecular complexity index is 644. The molecular formula is C17H20N4O. The van der Waals surface area contributed by atoms with Crippen LogP contribution in [-0.2, 0) is 0 Å². The summed E-state index contributed by atoms with van der Waals surface area (Å²) < 4.78 is 0. The van der Waals surface area contributed by atoms with Gasteiger partial charge in [0.15, 0.2) is 0 Å². The maximum atomic E-state index is 12.7. The summed E-state index contributed by atoms with van der Waals surface area (Å²) in [6.07, 6.45) is 6.74. The number of carbonyl (C=O) groups is 1. The zero-order chi connectivity index (χ0) is 15.4. The van der Waals surface area contributed by atoms with Gasteiger partial charge < -0.3 is 10.2 Å². The van der Waals surface area contributed by atoms with Gasteiger partial charge >= 0.3 is 0 Å². The summed E-state index contributed by atoms with van der Waals surface area (Å²) in [4.78, 5) is 22.9. The van der Waals surface area contributed by atoms with E-state index in [0.29, 0.717) is 17.6 Å². The molecule has 1 fully saturated rings. The number of benzene rings is 1. The van der Waals surface area contributed by atoms with Crippen molar-refractivity contribution >= 4 is 17.5 Å². The van der Waals surface area contributed by atoms with E-state index in [1.54, 1.807) is 18.5 Å². The van der Waals surface area contributed by atoms with Crippen LogP contribution in [0.25, 0.3) is 0 Å². The van der Waals surface area contributed by atoms with E-state index in [9.17, 15) is 4.79 Å². The molecule has 2 aromatic rings. The molecule has 1 amide bonds. The number of rotatable bonds is 3. The maximum Gasteiger partial charge on any atom is 0.254 e. The molecule has 0 radical (unpaired) electrons. The highest BCUT2D eigenvalue weighted by Gasteiger charge is 2.24. The van der Waals surface area contributed by atoms with Crippen LogP contribution in [0.1, 0.15) is 36.5 Å². The van der Waals surface area contributed by atoms with Crippen molar-refractivity contribution in [2.45, 2.75) is 32.2 Å². The van der Waals surface area contributed by atoms with Crippen LogP contribution in [0.4, 0.5) is 11.6 Å². The van der Waals surface area contributed by atoms with Crippen molar-refractivity contribution in [3.8, 4) is 0 Å². The maximum absolute atomic E-state index is 12.7. The molecule has 0 saturated carbocycles. The van der Waals surface area contributed by atoms with Gasteiger partial charge in [0.2, 0.25) is 5.95 Å².